The number of rotatable bonds is 19. The van der Waals surface area contributed by atoms with Gasteiger partial charge in [0.25, 0.3) is 10.1 Å². The molecule has 5 heteroatoms. The summed E-state index contributed by atoms with van der Waals surface area (Å²) in [5.41, 5.74) is 0. The van der Waals surface area contributed by atoms with Crippen LogP contribution < -0.4 is 0 Å². The highest BCUT2D eigenvalue weighted by molar-refractivity contribution is 8.32. The molecule has 0 spiro atoms. The summed E-state index contributed by atoms with van der Waals surface area (Å²) in [6, 6.07) is 0. The average Bonchev–Trinajstić information content (AvgIpc) is 2.53. The van der Waals surface area contributed by atoms with E-state index in [0.717, 1.165) is 5.75 Å². The molecule has 0 aromatic rings. The Morgan fingerprint density at radius 1 is 0.538 bits per heavy atom. The second-order valence-electron chi connectivity index (χ2n) is 8.41. The predicted molar refractivity (Wildman–Crippen MR) is 121 cm³/mol. The second-order valence-corrected chi connectivity index (χ2v) is 14.3. The lowest BCUT2D eigenvalue weighted by Gasteiger charge is -2.31. The van der Waals surface area contributed by atoms with Gasteiger partial charge in [0.15, 0.2) is 0 Å². The molecule has 26 heavy (non-hydrogen) atoms. The van der Waals surface area contributed by atoms with Crippen LogP contribution in [0.5, 0.6) is 0 Å². The van der Waals surface area contributed by atoms with Gasteiger partial charge < -0.3 is 0 Å². The van der Waals surface area contributed by atoms with Crippen LogP contribution in [0.1, 0.15) is 103 Å². The summed E-state index contributed by atoms with van der Waals surface area (Å²) in [7, 11) is -4.48. The number of hydrogen-bond donors (Lipinski definition) is 1. The minimum atomic E-state index is -3.78. The van der Waals surface area contributed by atoms with Gasteiger partial charge in [0.2, 0.25) is 0 Å². The highest BCUT2D eigenvalue weighted by Crippen LogP contribution is 2.41. The molecule has 0 saturated heterocycles. The quantitative estimate of drug-likeness (QED) is 0.188. The van der Waals surface area contributed by atoms with E-state index < -0.39 is 20.1 Å². The van der Waals surface area contributed by atoms with E-state index in [4.69, 9.17) is 4.55 Å². The molecule has 0 saturated carbocycles. The van der Waals surface area contributed by atoms with Gasteiger partial charge in [-0.3, -0.25) is 4.55 Å². The van der Waals surface area contributed by atoms with E-state index in [1.165, 1.54) is 95.6 Å². The zero-order chi connectivity index (χ0) is 19.7. The van der Waals surface area contributed by atoms with Crippen LogP contribution >= 0.6 is 10.0 Å². The Bertz CT molecular complexity index is 405. The predicted octanol–water partition coefficient (Wildman–Crippen LogP) is 6.81. The maximum atomic E-state index is 10.8. The van der Waals surface area contributed by atoms with E-state index in [1.807, 2.05) is 0 Å². The first-order chi connectivity index (χ1) is 12.3. The molecular weight excluding hydrogens is 364 g/mol. The topological polar surface area (TPSA) is 54.4 Å². The van der Waals surface area contributed by atoms with Crippen molar-refractivity contribution in [3.63, 3.8) is 0 Å². The van der Waals surface area contributed by atoms with Crippen molar-refractivity contribution < 1.29 is 13.0 Å². The van der Waals surface area contributed by atoms with Gasteiger partial charge in [-0.15, -0.1) is 0 Å². The number of hydrogen-bond acceptors (Lipinski definition) is 2. The van der Waals surface area contributed by atoms with Crippen molar-refractivity contribution in [2.45, 2.75) is 103 Å². The van der Waals surface area contributed by atoms with Crippen LogP contribution in [0.2, 0.25) is 0 Å². The maximum Gasteiger partial charge on any atom is 0.264 e. The first-order valence-electron chi connectivity index (χ1n) is 10.9. The first-order valence-corrected chi connectivity index (χ1v) is 15.3. The fraction of sp³-hybridized carbons (Fsp3) is 1.00. The van der Waals surface area contributed by atoms with Crippen molar-refractivity contribution in [2.24, 2.45) is 0 Å². The lowest BCUT2D eigenvalue weighted by atomic mass is 10.0. The van der Waals surface area contributed by atoms with Crippen LogP contribution in [0.15, 0.2) is 0 Å². The van der Waals surface area contributed by atoms with Crippen molar-refractivity contribution in [1.82, 2.24) is 0 Å². The lowest BCUT2D eigenvalue weighted by molar-refractivity contribution is 0.482. The fourth-order valence-corrected chi connectivity index (χ4v) is 6.23. The SMILES string of the molecule is CCCCCCCCCCCCCCCCS(C)(C)CCCS(=O)(=O)O. The average molecular weight is 411 g/mol. The van der Waals surface area contributed by atoms with E-state index >= 15 is 0 Å². The molecule has 0 heterocycles. The molecule has 0 bridgehead atoms. The Balaban J connectivity index is 3.34. The zero-order valence-corrected chi connectivity index (χ0v) is 19.4. The van der Waals surface area contributed by atoms with Crippen molar-refractivity contribution in [3.8, 4) is 0 Å². The molecule has 0 aromatic carbocycles. The van der Waals surface area contributed by atoms with Crippen LogP contribution in [0, 0.1) is 0 Å². The molecule has 0 fully saturated rings. The molecule has 0 unspecified atom stereocenters. The Morgan fingerprint density at radius 2 is 0.885 bits per heavy atom. The molecule has 3 nitrogen and oxygen atoms in total. The van der Waals surface area contributed by atoms with E-state index in [-0.39, 0.29) is 5.75 Å². The Labute approximate surface area is 166 Å². The van der Waals surface area contributed by atoms with Gasteiger partial charge >= 0.3 is 0 Å². The second kappa shape index (κ2) is 16.2. The summed E-state index contributed by atoms with van der Waals surface area (Å²) >= 11 is 0. The summed E-state index contributed by atoms with van der Waals surface area (Å²) in [4.78, 5) is 0. The lowest BCUT2D eigenvalue weighted by Crippen LogP contribution is -2.11. The van der Waals surface area contributed by atoms with Crippen molar-refractivity contribution in [1.29, 1.82) is 0 Å². The standard InChI is InChI=1S/C21H46O3S2/c1-4-5-6-7-8-9-10-11-12-13-14-15-16-17-19-25(2,3)20-18-21-26(22,23)24/h4-21H2,1-3H3,(H,22,23,24). The molecular formula is C21H46O3S2. The summed E-state index contributed by atoms with van der Waals surface area (Å²) in [5.74, 6) is 2.10. The van der Waals surface area contributed by atoms with Crippen molar-refractivity contribution in [3.05, 3.63) is 0 Å². The van der Waals surface area contributed by atoms with Crippen molar-refractivity contribution in [2.75, 3.05) is 29.8 Å². The highest BCUT2D eigenvalue weighted by Gasteiger charge is 2.13. The van der Waals surface area contributed by atoms with Crippen LogP contribution in [0.4, 0.5) is 0 Å². The van der Waals surface area contributed by atoms with Gasteiger partial charge in [-0.05, 0) is 36.9 Å². The third-order valence-corrected chi connectivity index (χ3v) is 8.74. The monoisotopic (exact) mass is 410 g/mol. The van der Waals surface area contributed by atoms with E-state index in [2.05, 4.69) is 19.4 Å². The van der Waals surface area contributed by atoms with Gasteiger partial charge in [-0.2, -0.15) is 8.42 Å². The molecule has 0 aliphatic rings. The summed E-state index contributed by atoms with van der Waals surface area (Å²) in [6.07, 6.45) is 24.6. The first kappa shape index (κ1) is 26.3. The van der Waals surface area contributed by atoms with Crippen LogP contribution in [0.3, 0.4) is 0 Å². The molecule has 160 valence electrons. The molecule has 0 aliphatic carbocycles. The largest absolute Gasteiger partial charge is 0.286 e. The molecule has 0 amide bonds. The summed E-state index contributed by atoms with van der Waals surface area (Å²) in [6.45, 7) is 2.27. The van der Waals surface area contributed by atoms with Gasteiger partial charge in [-0.1, -0.05) is 90.4 Å². The molecule has 0 aromatic heterocycles. The van der Waals surface area contributed by atoms with Crippen LogP contribution in [-0.2, 0) is 10.1 Å². The third-order valence-electron chi connectivity index (χ3n) is 5.15. The zero-order valence-electron chi connectivity index (χ0n) is 17.8. The minimum Gasteiger partial charge on any atom is -0.286 e. The van der Waals surface area contributed by atoms with Crippen LogP contribution in [0.25, 0.3) is 0 Å². The molecule has 0 radical (unpaired) electrons. The molecule has 0 atom stereocenters. The van der Waals surface area contributed by atoms with Gasteiger partial charge in [-0.25, -0.2) is 10.0 Å². The van der Waals surface area contributed by atoms with Crippen LogP contribution in [-0.4, -0.2) is 42.7 Å². The number of unbranched alkanes of at least 4 members (excludes halogenated alkanes) is 13. The molecule has 0 aliphatic heterocycles. The highest BCUT2D eigenvalue weighted by atomic mass is 32.3. The summed E-state index contributed by atoms with van der Waals surface area (Å²) < 4.78 is 30.4. The smallest absolute Gasteiger partial charge is 0.264 e. The Kier molecular flexibility index (Phi) is 16.4. The van der Waals surface area contributed by atoms with E-state index in [0.29, 0.717) is 6.42 Å². The van der Waals surface area contributed by atoms with E-state index in [1.54, 1.807) is 0 Å². The minimum absolute atomic E-state index is 0.0812. The normalized spacial score (nSPS) is 13.2. The fourth-order valence-electron chi connectivity index (χ4n) is 3.42. The van der Waals surface area contributed by atoms with Crippen molar-refractivity contribution >= 4 is 20.1 Å². The third kappa shape index (κ3) is 20.6. The van der Waals surface area contributed by atoms with Gasteiger partial charge in [0, 0.05) is 0 Å². The molecule has 1 N–H and O–H groups in total. The maximum absolute atomic E-state index is 10.8. The molecule has 0 rings (SSSR count). The summed E-state index contributed by atoms with van der Waals surface area (Å²) in [5, 5.41) is 0. The Hall–Kier alpha value is 0.260. The Morgan fingerprint density at radius 3 is 1.27 bits per heavy atom. The van der Waals surface area contributed by atoms with Gasteiger partial charge in [0.1, 0.15) is 0 Å². The van der Waals surface area contributed by atoms with Gasteiger partial charge in [0.05, 0.1) is 5.75 Å². The van der Waals surface area contributed by atoms with E-state index in [9.17, 15) is 8.42 Å².